The quantitative estimate of drug-likeness (QED) is 0.720. The number of nitrogens with two attached hydrogens (primary N) is 1. The van der Waals surface area contributed by atoms with Crippen LogP contribution < -0.4 is 10.5 Å². The van der Waals surface area contributed by atoms with Crippen molar-refractivity contribution in [1.29, 1.82) is 0 Å². The molecule has 2 aromatic rings. The smallest absolute Gasteiger partial charge is 0.317 e. The van der Waals surface area contributed by atoms with Gasteiger partial charge in [0.05, 0.1) is 10.3 Å². The second-order valence-electron chi connectivity index (χ2n) is 6.85. The molecule has 0 spiro atoms. The van der Waals surface area contributed by atoms with Gasteiger partial charge in [-0.3, -0.25) is 9.59 Å². The molecular formula is C20H22N2O5S. The maximum Gasteiger partial charge on any atom is 0.317 e. The summed E-state index contributed by atoms with van der Waals surface area (Å²) in [5, 5.41) is 7.60. The van der Waals surface area contributed by atoms with E-state index < -0.39 is 33.9 Å². The number of carbonyl (C=O) groups excluding carboxylic acids is 2. The van der Waals surface area contributed by atoms with Gasteiger partial charge in [0.25, 0.3) is 5.91 Å². The molecule has 0 radical (unpaired) electrons. The van der Waals surface area contributed by atoms with E-state index in [1.54, 1.807) is 0 Å². The van der Waals surface area contributed by atoms with E-state index in [0.717, 1.165) is 18.4 Å². The molecule has 0 aromatic heterocycles. The average Bonchev–Trinajstić information content (AvgIpc) is 3.18. The summed E-state index contributed by atoms with van der Waals surface area (Å²) in [4.78, 5) is 24.9. The van der Waals surface area contributed by atoms with Crippen LogP contribution in [0.4, 0.5) is 5.69 Å². The van der Waals surface area contributed by atoms with Crippen molar-refractivity contribution in [2.75, 3.05) is 11.9 Å². The highest BCUT2D eigenvalue weighted by molar-refractivity contribution is 7.89. The van der Waals surface area contributed by atoms with Crippen LogP contribution in [0.1, 0.15) is 31.2 Å². The molecule has 0 aliphatic heterocycles. The Morgan fingerprint density at radius 1 is 1.00 bits per heavy atom. The van der Waals surface area contributed by atoms with E-state index >= 15 is 0 Å². The lowest BCUT2D eigenvalue weighted by molar-refractivity contribution is -0.153. The Bertz CT molecular complexity index is 950. The van der Waals surface area contributed by atoms with Crippen LogP contribution >= 0.6 is 0 Å². The van der Waals surface area contributed by atoms with Gasteiger partial charge in [-0.2, -0.15) is 0 Å². The summed E-state index contributed by atoms with van der Waals surface area (Å²) in [6, 6.07) is 14.9. The lowest BCUT2D eigenvalue weighted by atomic mass is 9.79. The zero-order valence-corrected chi connectivity index (χ0v) is 16.1. The van der Waals surface area contributed by atoms with Crippen LogP contribution in [0, 0.1) is 0 Å². The molecule has 8 heteroatoms. The van der Waals surface area contributed by atoms with Crippen LogP contribution in [-0.4, -0.2) is 26.9 Å². The summed E-state index contributed by atoms with van der Waals surface area (Å²) in [5.74, 6) is -0.895. The third-order valence-electron chi connectivity index (χ3n) is 4.98. The predicted molar refractivity (Wildman–Crippen MR) is 104 cm³/mol. The molecule has 28 heavy (non-hydrogen) atoms. The van der Waals surface area contributed by atoms with Gasteiger partial charge in [0.15, 0.2) is 6.61 Å². The van der Waals surface area contributed by atoms with Crippen molar-refractivity contribution >= 4 is 27.6 Å². The number of nitrogens with one attached hydrogen (secondary N) is 1. The number of amides is 1. The molecule has 3 N–H and O–H groups in total. The average molecular weight is 402 g/mol. The van der Waals surface area contributed by atoms with Crippen molar-refractivity contribution in [1.82, 2.24) is 0 Å². The number of hydrogen-bond acceptors (Lipinski definition) is 5. The van der Waals surface area contributed by atoms with Gasteiger partial charge in [-0.25, -0.2) is 13.6 Å². The van der Waals surface area contributed by atoms with Gasteiger partial charge in [-0.05, 0) is 42.7 Å². The third-order valence-corrected chi connectivity index (χ3v) is 5.90. The largest absolute Gasteiger partial charge is 0.455 e. The molecule has 2 aromatic carbocycles. The minimum atomic E-state index is -3.79. The lowest BCUT2D eigenvalue weighted by Crippen LogP contribution is -2.36. The maximum absolute atomic E-state index is 12.8. The number of sulfonamides is 1. The predicted octanol–water partition coefficient (Wildman–Crippen LogP) is 2.33. The summed E-state index contributed by atoms with van der Waals surface area (Å²) in [7, 11) is -3.79. The fourth-order valence-electron chi connectivity index (χ4n) is 3.54. The molecule has 3 rings (SSSR count). The lowest BCUT2D eigenvalue weighted by Gasteiger charge is -2.27. The van der Waals surface area contributed by atoms with Gasteiger partial charge in [0.1, 0.15) is 0 Å². The fourth-order valence-corrected chi connectivity index (χ4v) is 4.06. The number of primary sulfonamides is 1. The van der Waals surface area contributed by atoms with Gasteiger partial charge in [0, 0.05) is 5.69 Å². The molecule has 0 atom stereocenters. The topological polar surface area (TPSA) is 116 Å². The number of ether oxygens (including phenoxy) is 1. The third kappa shape index (κ3) is 4.40. The molecule has 1 aliphatic carbocycles. The zero-order chi connectivity index (χ0) is 20.2. The van der Waals surface area contributed by atoms with Crippen molar-refractivity contribution in [3.05, 3.63) is 60.2 Å². The van der Waals surface area contributed by atoms with Crippen LogP contribution in [0.25, 0.3) is 0 Å². The monoisotopic (exact) mass is 402 g/mol. The molecule has 1 fully saturated rings. The van der Waals surface area contributed by atoms with E-state index in [2.05, 4.69) is 5.32 Å². The molecule has 148 valence electrons. The summed E-state index contributed by atoms with van der Waals surface area (Å²) in [6.45, 7) is -0.412. The highest BCUT2D eigenvalue weighted by atomic mass is 32.2. The Morgan fingerprint density at radius 3 is 2.18 bits per heavy atom. The van der Waals surface area contributed by atoms with E-state index in [1.807, 2.05) is 30.3 Å². The van der Waals surface area contributed by atoms with Crippen LogP contribution in [0.2, 0.25) is 0 Å². The van der Waals surface area contributed by atoms with Crippen LogP contribution in [-0.2, 0) is 29.8 Å². The van der Waals surface area contributed by atoms with E-state index in [-0.39, 0.29) is 4.90 Å². The zero-order valence-electron chi connectivity index (χ0n) is 15.3. The Labute approximate surface area is 163 Å². The standard InChI is InChI=1S/C20H22N2O5S/c21-28(25,26)17-10-8-16(9-11-17)22-18(23)14-27-19(24)20(12-4-5-13-20)15-6-2-1-3-7-15/h1-3,6-11H,4-5,12-14H2,(H,22,23)(H2,21,25,26). The molecular weight excluding hydrogens is 380 g/mol. The minimum absolute atomic E-state index is 0.0528. The first-order valence-corrected chi connectivity index (χ1v) is 10.5. The van der Waals surface area contributed by atoms with Crippen molar-refractivity contribution in [3.63, 3.8) is 0 Å². The number of rotatable bonds is 6. The Balaban J connectivity index is 1.61. The molecule has 7 nitrogen and oxygen atoms in total. The highest BCUT2D eigenvalue weighted by Crippen LogP contribution is 2.42. The Kier molecular flexibility index (Phi) is 5.81. The van der Waals surface area contributed by atoms with Gasteiger partial charge >= 0.3 is 5.97 Å². The molecule has 0 heterocycles. The maximum atomic E-state index is 12.8. The summed E-state index contributed by atoms with van der Waals surface area (Å²) >= 11 is 0. The number of carbonyl (C=O) groups is 2. The minimum Gasteiger partial charge on any atom is -0.455 e. The number of anilines is 1. The van der Waals surface area contributed by atoms with Crippen molar-refractivity contribution < 1.29 is 22.7 Å². The SMILES string of the molecule is NS(=O)(=O)c1ccc(NC(=O)COC(=O)C2(c3ccccc3)CCCC2)cc1. The molecule has 1 aliphatic rings. The van der Waals surface area contributed by atoms with Gasteiger partial charge in [-0.15, -0.1) is 0 Å². The van der Waals surface area contributed by atoms with Crippen molar-refractivity contribution in [2.24, 2.45) is 5.14 Å². The molecule has 1 saturated carbocycles. The Morgan fingerprint density at radius 2 is 1.61 bits per heavy atom. The van der Waals surface area contributed by atoms with E-state index in [1.165, 1.54) is 24.3 Å². The summed E-state index contributed by atoms with van der Waals surface area (Å²) < 4.78 is 27.8. The summed E-state index contributed by atoms with van der Waals surface area (Å²) in [5.41, 5.74) is 0.599. The first-order valence-electron chi connectivity index (χ1n) is 8.97. The Hall–Kier alpha value is -2.71. The van der Waals surface area contributed by atoms with Gasteiger partial charge < -0.3 is 10.1 Å². The highest BCUT2D eigenvalue weighted by Gasteiger charge is 2.44. The molecule has 0 saturated heterocycles. The van der Waals surface area contributed by atoms with E-state index in [4.69, 9.17) is 9.88 Å². The second-order valence-corrected chi connectivity index (χ2v) is 8.41. The van der Waals surface area contributed by atoms with Crippen LogP contribution in [0.15, 0.2) is 59.5 Å². The molecule has 0 bridgehead atoms. The van der Waals surface area contributed by atoms with E-state index in [0.29, 0.717) is 18.5 Å². The van der Waals surface area contributed by atoms with Gasteiger partial charge in [-0.1, -0.05) is 43.2 Å². The molecule has 1 amide bonds. The second kappa shape index (κ2) is 8.12. The number of hydrogen-bond donors (Lipinski definition) is 2. The first kappa shape index (κ1) is 20.0. The van der Waals surface area contributed by atoms with Gasteiger partial charge in [0.2, 0.25) is 10.0 Å². The van der Waals surface area contributed by atoms with E-state index in [9.17, 15) is 18.0 Å². The number of benzene rings is 2. The van der Waals surface area contributed by atoms with Crippen molar-refractivity contribution in [2.45, 2.75) is 36.0 Å². The molecule has 0 unspecified atom stereocenters. The first-order chi connectivity index (χ1) is 13.3. The summed E-state index contributed by atoms with van der Waals surface area (Å²) in [6.07, 6.45) is 3.28. The number of esters is 1. The van der Waals surface area contributed by atoms with Crippen molar-refractivity contribution in [3.8, 4) is 0 Å². The fraction of sp³-hybridized carbons (Fsp3) is 0.300. The normalized spacial score (nSPS) is 15.8. The van der Waals surface area contributed by atoms with Crippen LogP contribution in [0.3, 0.4) is 0 Å². The van der Waals surface area contributed by atoms with Crippen LogP contribution in [0.5, 0.6) is 0 Å².